The number of carbonyl (C=O) groups is 1. The lowest BCUT2D eigenvalue weighted by Crippen LogP contribution is -2.51. The molecule has 6 nitrogen and oxygen atoms in total. The van der Waals surface area contributed by atoms with E-state index in [1.807, 2.05) is 6.08 Å². The minimum absolute atomic E-state index is 0.0414. The number of nitrogens with one attached hydrogen (secondary N) is 3. The Morgan fingerprint density at radius 3 is 3.11 bits per heavy atom. The van der Waals surface area contributed by atoms with Gasteiger partial charge in [0.25, 0.3) is 0 Å². The van der Waals surface area contributed by atoms with Gasteiger partial charge in [-0.2, -0.15) is 5.48 Å². The number of amides is 1. The maximum absolute atomic E-state index is 11.8. The average molecular weight is 255 g/mol. The van der Waals surface area contributed by atoms with Crippen molar-refractivity contribution in [3.05, 3.63) is 24.3 Å². The van der Waals surface area contributed by atoms with E-state index in [0.717, 1.165) is 0 Å². The molecule has 0 fully saturated rings. The van der Waals surface area contributed by atoms with Crippen LogP contribution in [0.5, 0.6) is 0 Å². The molecule has 1 aliphatic rings. The van der Waals surface area contributed by atoms with Crippen molar-refractivity contribution < 1.29 is 14.4 Å². The second-order valence-corrected chi connectivity index (χ2v) is 3.94. The first-order valence-corrected chi connectivity index (χ1v) is 5.87. The molecule has 3 N–H and O–H groups in total. The predicted octanol–water partition coefficient (Wildman–Crippen LogP) is -0.647. The molecule has 0 spiro atoms. The number of hydrogen-bond acceptors (Lipinski definition) is 5. The van der Waals surface area contributed by atoms with Crippen LogP contribution in [0.15, 0.2) is 24.3 Å². The molecule has 102 valence electrons. The predicted molar refractivity (Wildman–Crippen MR) is 68.9 cm³/mol. The van der Waals surface area contributed by atoms with Gasteiger partial charge in [0.05, 0.1) is 19.3 Å². The van der Waals surface area contributed by atoms with Gasteiger partial charge in [-0.3, -0.25) is 9.63 Å². The van der Waals surface area contributed by atoms with Crippen LogP contribution >= 0.6 is 0 Å². The van der Waals surface area contributed by atoms with Gasteiger partial charge in [0.2, 0.25) is 5.91 Å². The first-order valence-electron chi connectivity index (χ1n) is 5.87. The van der Waals surface area contributed by atoms with Crippen LogP contribution in [0.2, 0.25) is 0 Å². The fraction of sp³-hybridized carbons (Fsp3) is 0.583. The van der Waals surface area contributed by atoms with Crippen molar-refractivity contribution in [2.24, 2.45) is 0 Å². The highest BCUT2D eigenvalue weighted by Crippen LogP contribution is 2.10. The Morgan fingerprint density at radius 2 is 2.50 bits per heavy atom. The smallest absolute Gasteiger partial charge is 0.248 e. The molecule has 1 rings (SSSR count). The molecule has 0 bridgehead atoms. The van der Waals surface area contributed by atoms with Crippen LogP contribution in [0.1, 0.15) is 0 Å². The van der Waals surface area contributed by atoms with Gasteiger partial charge in [-0.05, 0) is 0 Å². The highest BCUT2D eigenvalue weighted by atomic mass is 16.6. The summed E-state index contributed by atoms with van der Waals surface area (Å²) in [4.78, 5) is 17.0. The number of ether oxygens (including phenoxy) is 1. The lowest BCUT2D eigenvalue weighted by atomic mass is 9.99. The minimum Gasteiger partial charge on any atom is -0.383 e. The minimum atomic E-state index is -0.182. The third-order valence-corrected chi connectivity index (χ3v) is 2.60. The average Bonchev–Trinajstić information content (AvgIpc) is 2.40. The van der Waals surface area contributed by atoms with Gasteiger partial charge in [-0.1, -0.05) is 12.2 Å². The van der Waals surface area contributed by atoms with Crippen molar-refractivity contribution >= 4 is 5.91 Å². The van der Waals surface area contributed by atoms with Crippen LogP contribution in [0.3, 0.4) is 0 Å². The Balaban J connectivity index is 2.68. The van der Waals surface area contributed by atoms with Crippen LogP contribution in [0, 0.1) is 0 Å². The second-order valence-electron chi connectivity index (χ2n) is 3.94. The molecule has 0 saturated carbocycles. The van der Waals surface area contributed by atoms with Crippen molar-refractivity contribution in [2.45, 2.75) is 12.1 Å². The Bertz CT molecular complexity index is 318. The Hall–Kier alpha value is -1.21. The largest absolute Gasteiger partial charge is 0.383 e. The van der Waals surface area contributed by atoms with Gasteiger partial charge in [0, 0.05) is 32.3 Å². The van der Waals surface area contributed by atoms with E-state index in [9.17, 15) is 4.79 Å². The number of hydroxylamine groups is 1. The van der Waals surface area contributed by atoms with Crippen molar-refractivity contribution in [3.8, 4) is 0 Å². The summed E-state index contributed by atoms with van der Waals surface area (Å²) in [5.41, 5.74) is 3.50. The van der Waals surface area contributed by atoms with Crippen LogP contribution in [-0.4, -0.2) is 51.9 Å². The fourth-order valence-electron chi connectivity index (χ4n) is 1.75. The normalized spacial score (nSPS) is 23.3. The molecule has 0 aromatic rings. The lowest BCUT2D eigenvalue weighted by Gasteiger charge is -2.29. The monoisotopic (exact) mass is 255 g/mol. The molecule has 1 heterocycles. The third-order valence-electron chi connectivity index (χ3n) is 2.60. The number of methoxy groups -OCH3 is 1. The van der Waals surface area contributed by atoms with E-state index in [1.165, 1.54) is 0 Å². The fourth-order valence-corrected chi connectivity index (χ4v) is 1.75. The summed E-state index contributed by atoms with van der Waals surface area (Å²) in [7, 11) is 3.24. The van der Waals surface area contributed by atoms with Gasteiger partial charge in [0.15, 0.2) is 0 Å². The molecule has 0 aliphatic carbocycles. The van der Waals surface area contributed by atoms with Gasteiger partial charge in [-0.25, -0.2) is 0 Å². The highest BCUT2D eigenvalue weighted by Gasteiger charge is 2.26. The zero-order valence-electron chi connectivity index (χ0n) is 10.9. The van der Waals surface area contributed by atoms with E-state index in [4.69, 9.17) is 9.57 Å². The van der Waals surface area contributed by atoms with Crippen molar-refractivity contribution in [2.75, 3.05) is 33.9 Å². The van der Waals surface area contributed by atoms with Gasteiger partial charge < -0.3 is 15.4 Å². The van der Waals surface area contributed by atoms with Crippen LogP contribution in [0.25, 0.3) is 0 Å². The van der Waals surface area contributed by atoms with E-state index in [1.54, 1.807) is 20.2 Å². The first kappa shape index (κ1) is 14.8. The zero-order valence-corrected chi connectivity index (χ0v) is 10.9. The van der Waals surface area contributed by atoms with Gasteiger partial charge in [0.1, 0.15) is 0 Å². The summed E-state index contributed by atoms with van der Waals surface area (Å²) in [6, 6.07) is -0.141. The molecule has 18 heavy (non-hydrogen) atoms. The summed E-state index contributed by atoms with van der Waals surface area (Å²) < 4.78 is 5.07. The summed E-state index contributed by atoms with van der Waals surface area (Å²) in [6.07, 6.45) is 3.50. The number of rotatable bonds is 7. The maximum Gasteiger partial charge on any atom is 0.248 e. The maximum atomic E-state index is 11.8. The standard InChI is InChI=1S/C12H21N3O3/c1-4-5-18-15-11-7-14-9(8-17-3)6-10(11)12(16)13-2/h4,6,9,11,14-15H,1,5,7-8H2,2-3H3,(H,13,16). The molecule has 0 aromatic carbocycles. The molecular weight excluding hydrogens is 234 g/mol. The molecule has 0 radical (unpaired) electrons. The number of likely N-dealkylation sites (N-methyl/N-ethyl adjacent to an activating group) is 1. The molecule has 1 aliphatic heterocycles. The second kappa shape index (κ2) is 7.99. The van der Waals surface area contributed by atoms with Crippen molar-refractivity contribution in [3.63, 3.8) is 0 Å². The van der Waals surface area contributed by atoms with E-state index in [-0.39, 0.29) is 18.0 Å². The van der Waals surface area contributed by atoms with Crippen LogP contribution < -0.4 is 16.1 Å². The molecule has 0 aromatic heterocycles. The Morgan fingerprint density at radius 1 is 1.72 bits per heavy atom. The van der Waals surface area contributed by atoms with E-state index >= 15 is 0 Å². The van der Waals surface area contributed by atoms with E-state index < -0.39 is 0 Å². The van der Waals surface area contributed by atoms with Gasteiger partial charge >= 0.3 is 0 Å². The Kier molecular flexibility index (Phi) is 6.59. The molecule has 6 heteroatoms. The summed E-state index contributed by atoms with van der Waals surface area (Å²) in [5, 5.41) is 5.88. The molecular formula is C12H21N3O3. The lowest BCUT2D eigenvalue weighted by molar-refractivity contribution is -0.118. The van der Waals surface area contributed by atoms with E-state index in [0.29, 0.717) is 25.3 Å². The topological polar surface area (TPSA) is 71.6 Å². The Labute approximate surface area is 107 Å². The summed E-state index contributed by atoms with van der Waals surface area (Å²) in [5.74, 6) is -0.114. The molecule has 1 amide bonds. The molecule has 0 saturated heterocycles. The number of hydrogen-bond donors (Lipinski definition) is 3. The first-order chi connectivity index (χ1) is 8.72. The number of carbonyl (C=O) groups excluding carboxylic acids is 1. The SMILES string of the molecule is C=CCONC1CNC(COC)C=C1C(=O)NC. The molecule has 2 atom stereocenters. The molecule has 2 unspecified atom stereocenters. The summed E-state index contributed by atoms with van der Waals surface area (Å²) >= 11 is 0. The zero-order chi connectivity index (χ0) is 13.4. The van der Waals surface area contributed by atoms with E-state index in [2.05, 4.69) is 22.7 Å². The van der Waals surface area contributed by atoms with Crippen LogP contribution in [0.4, 0.5) is 0 Å². The highest BCUT2D eigenvalue weighted by molar-refractivity contribution is 5.94. The van der Waals surface area contributed by atoms with Crippen molar-refractivity contribution in [1.82, 2.24) is 16.1 Å². The van der Waals surface area contributed by atoms with Crippen molar-refractivity contribution in [1.29, 1.82) is 0 Å². The van der Waals surface area contributed by atoms with Crippen LogP contribution in [-0.2, 0) is 14.4 Å². The quantitative estimate of drug-likeness (QED) is 0.320. The summed E-state index contributed by atoms with van der Waals surface area (Å²) in [6.45, 7) is 5.08. The van der Waals surface area contributed by atoms with Gasteiger partial charge in [-0.15, -0.1) is 6.58 Å². The third kappa shape index (κ3) is 4.23.